The standard InChI is InChI=1S/C13H17NO5/c1-18-6-2-5-14-7-13-4-3-8(19-13)9(12(16)17)10(13)11(14)15/h3-4,8-10H,2,5-7H2,1H3,(H,16,17)/p-1/t8-,9-,10+,13-/m0/s1. The number of hydrogen-bond donors (Lipinski definition) is 0. The number of carbonyl (C=O) groups excluding carboxylic acids is 2. The fourth-order valence-electron chi connectivity index (χ4n) is 3.44. The van der Waals surface area contributed by atoms with E-state index in [2.05, 4.69) is 0 Å². The highest BCUT2D eigenvalue weighted by molar-refractivity contribution is 5.90. The van der Waals surface area contributed by atoms with E-state index in [0.29, 0.717) is 19.7 Å². The fraction of sp³-hybridized carbons (Fsp3) is 0.692. The molecule has 104 valence electrons. The van der Waals surface area contributed by atoms with Gasteiger partial charge in [-0.25, -0.2) is 0 Å². The zero-order valence-electron chi connectivity index (χ0n) is 10.7. The summed E-state index contributed by atoms with van der Waals surface area (Å²) in [4.78, 5) is 25.3. The molecule has 2 saturated heterocycles. The molecule has 0 aliphatic carbocycles. The number of methoxy groups -OCH3 is 1. The first-order chi connectivity index (χ1) is 9.09. The van der Waals surface area contributed by atoms with Crippen LogP contribution in [0.1, 0.15) is 6.42 Å². The Morgan fingerprint density at radius 3 is 3.16 bits per heavy atom. The lowest BCUT2D eigenvalue weighted by molar-refractivity contribution is -0.313. The molecule has 2 bridgehead atoms. The number of amides is 1. The molecule has 0 aromatic rings. The molecule has 1 spiro atoms. The van der Waals surface area contributed by atoms with Crippen molar-refractivity contribution in [2.75, 3.05) is 26.8 Å². The van der Waals surface area contributed by atoms with Crippen molar-refractivity contribution >= 4 is 11.9 Å². The van der Waals surface area contributed by atoms with E-state index in [0.717, 1.165) is 6.42 Å². The first-order valence-corrected chi connectivity index (χ1v) is 6.45. The maximum absolute atomic E-state index is 12.4. The molecule has 3 heterocycles. The number of carboxylic acid groups (broad SMARTS) is 1. The number of rotatable bonds is 5. The van der Waals surface area contributed by atoms with Gasteiger partial charge in [-0.05, 0) is 6.42 Å². The van der Waals surface area contributed by atoms with Crippen LogP contribution in [0.25, 0.3) is 0 Å². The molecule has 6 heteroatoms. The van der Waals surface area contributed by atoms with Crippen LogP contribution in [-0.2, 0) is 19.1 Å². The van der Waals surface area contributed by atoms with Crippen molar-refractivity contribution in [1.82, 2.24) is 4.90 Å². The Labute approximate surface area is 111 Å². The van der Waals surface area contributed by atoms with Crippen LogP contribution < -0.4 is 5.11 Å². The lowest BCUT2D eigenvalue weighted by atomic mass is 9.77. The molecule has 0 radical (unpaired) electrons. The molecule has 2 fully saturated rings. The van der Waals surface area contributed by atoms with E-state index in [4.69, 9.17) is 9.47 Å². The van der Waals surface area contributed by atoms with Crippen molar-refractivity contribution in [3.8, 4) is 0 Å². The van der Waals surface area contributed by atoms with Crippen LogP contribution in [0.15, 0.2) is 12.2 Å². The van der Waals surface area contributed by atoms with Crippen LogP contribution in [-0.4, -0.2) is 55.3 Å². The third kappa shape index (κ3) is 1.70. The summed E-state index contributed by atoms with van der Waals surface area (Å²) in [5.74, 6) is -2.83. The van der Waals surface area contributed by atoms with Crippen molar-refractivity contribution in [1.29, 1.82) is 0 Å². The Kier molecular flexibility index (Phi) is 2.87. The number of fused-ring (bicyclic) bond motifs is 1. The summed E-state index contributed by atoms with van der Waals surface area (Å²) in [6.07, 6.45) is 3.80. The predicted octanol–water partition coefficient (Wildman–Crippen LogP) is -1.45. The van der Waals surface area contributed by atoms with E-state index >= 15 is 0 Å². The van der Waals surface area contributed by atoms with E-state index in [-0.39, 0.29) is 5.91 Å². The second-order valence-electron chi connectivity index (χ2n) is 5.33. The Morgan fingerprint density at radius 2 is 2.47 bits per heavy atom. The van der Waals surface area contributed by atoms with Gasteiger partial charge in [0.05, 0.1) is 18.6 Å². The molecule has 6 nitrogen and oxygen atoms in total. The van der Waals surface area contributed by atoms with Crippen molar-refractivity contribution in [2.24, 2.45) is 11.8 Å². The number of carbonyl (C=O) groups is 2. The Bertz CT molecular complexity index is 448. The summed E-state index contributed by atoms with van der Waals surface area (Å²) in [6, 6.07) is 0. The largest absolute Gasteiger partial charge is 0.550 e. The number of carboxylic acids is 1. The molecule has 19 heavy (non-hydrogen) atoms. The molecular formula is C13H16NO5-. The predicted molar refractivity (Wildman–Crippen MR) is 61.8 cm³/mol. The van der Waals surface area contributed by atoms with Crippen LogP contribution >= 0.6 is 0 Å². The average Bonchev–Trinajstić information content (AvgIpc) is 2.99. The number of aliphatic carboxylic acids is 1. The summed E-state index contributed by atoms with van der Waals surface area (Å²) in [5, 5.41) is 11.2. The zero-order valence-corrected chi connectivity index (χ0v) is 10.7. The quantitative estimate of drug-likeness (QED) is 0.449. The Hall–Kier alpha value is -1.40. The lowest BCUT2D eigenvalue weighted by Crippen LogP contribution is -2.45. The van der Waals surface area contributed by atoms with Crippen molar-refractivity contribution in [3.05, 3.63) is 12.2 Å². The van der Waals surface area contributed by atoms with Gasteiger partial charge in [-0.3, -0.25) is 4.79 Å². The van der Waals surface area contributed by atoms with Crippen molar-refractivity contribution in [2.45, 2.75) is 18.1 Å². The molecule has 0 unspecified atom stereocenters. The van der Waals surface area contributed by atoms with Crippen molar-refractivity contribution in [3.63, 3.8) is 0 Å². The van der Waals surface area contributed by atoms with E-state index in [1.807, 2.05) is 6.08 Å². The SMILES string of the molecule is COCCCN1C[C@]23C=C[C@H](O2)[C@H](C(=O)[O-])[C@@H]3C1=O. The van der Waals surface area contributed by atoms with Gasteiger partial charge in [0, 0.05) is 32.1 Å². The van der Waals surface area contributed by atoms with Gasteiger partial charge in [-0.2, -0.15) is 0 Å². The molecule has 0 aromatic heterocycles. The maximum atomic E-state index is 12.4. The Balaban J connectivity index is 1.79. The van der Waals surface area contributed by atoms with Gasteiger partial charge in [0.15, 0.2) is 0 Å². The van der Waals surface area contributed by atoms with Gasteiger partial charge in [0.2, 0.25) is 5.91 Å². The molecule has 3 aliphatic rings. The summed E-state index contributed by atoms with van der Waals surface area (Å²) in [5.41, 5.74) is -0.750. The summed E-state index contributed by atoms with van der Waals surface area (Å²) >= 11 is 0. The molecule has 4 atom stereocenters. The van der Waals surface area contributed by atoms with Crippen molar-refractivity contribution < 1.29 is 24.2 Å². The van der Waals surface area contributed by atoms with Crippen LogP contribution in [0.4, 0.5) is 0 Å². The summed E-state index contributed by atoms with van der Waals surface area (Å²) < 4.78 is 10.7. The van der Waals surface area contributed by atoms with Gasteiger partial charge in [0.1, 0.15) is 5.60 Å². The normalized spacial score (nSPS) is 39.1. The van der Waals surface area contributed by atoms with Gasteiger partial charge in [-0.15, -0.1) is 0 Å². The number of likely N-dealkylation sites (tertiary alicyclic amines) is 1. The zero-order chi connectivity index (χ0) is 13.6. The molecule has 3 aliphatic heterocycles. The Morgan fingerprint density at radius 1 is 1.68 bits per heavy atom. The third-order valence-corrected chi connectivity index (χ3v) is 4.23. The average molecular weight is 266 g/mol. The minimum Gasteiger partial charge on any atom is -0.550 e. The summed E-state index contributed by atoms with van der Waals surface area (Å²) in [7, 11) is 1.61. The molecular weight excluding hydrogens is 250 g/mol. The van der Waals surface area contributed by atoms with Crippen LogP contribution in [0.2, 0.25) is 0 Å². The van der Waals surface area contributed by atoms with E-state index in [1.54, 1.807) is 18.1 Å². The monoisotopic (exact) mass is 266 g/mol. The third-order valence-electron chi connectivity index (χ3n) is 4.23. The number of hydrogen-bond acceptors (Lipinski definition) is 5. The minimum absolute atomic E-state index is 0.142. The smallest absolute Gasteiger partial charge is 0.229 e. The minimum atomic E-state index is -1.20. The molecule has 0 saturated carbocycles. The van der Waals surface area contributed by atoms with E-state index < -0.39 is 29.5 Å². The highest BCUT2D eigenvalue weighted by Crippen LogP contribution is 2.51. The number of ether oxygens (including phenoxy) is 2. The van der Waals surface area contributed by atoms with Gasteiger partial charge in [-0.1, -0.05) is 12.2 Å². The second-order valence-corrected chi connectivity index (χ2v) is 5.33. The van der Waals surface area contributed by atoms with Gasteiger partial charge < -0.3 is 24.3 Å². The summed E-state index contributed by atoms with van der Waals surface area (Å²) in [6.45, 7) is 1.56. The maximum Gasteiger partial charge on any atom is 0.229 e. The molecule has 3 rings (SSSR count). The lowest BCUT2D eigenvalue weighted by Gasteiger charge is -2.24. The van der Waals surface area contributed by atoms with Crippen LogP contribution in [0.3, 0.4) is 0 Å². The second kappa shape index (κ2) is 4.31. The topological polar surface area (TPSA) is 78.9 Å². The van der Waals surface area contributed by atoms with E-state index in [1.165, 1.54) is 0 Å². The fourth-order valence-corrected chi connectivity index (χ4v) is 3.44. The molecule has 0 aromatic carbocycles. The van der Waals surface area contributed by atoms with Gasteiger partial charge >= 0.3 is 0 Å². The highest BCUT2D eigenvalue weighted by Gasteiger charge is 2.65. The molecule has 0 N–H and O–H groups in total. The first kappa shape index (κ1) is 12.6. The van der Waals surface area contributed by atoms with Gasteiger partial charge in [0.25, 0.3) is 0 Å². The van der Waals surface area contributed by atoms with Crippen LogP contribution in [0, 0.1) is 11.8 Å². The first-order valence-electron chi connectivity index (χ1n) is 6.45. The molecule has 1 amide bonds. The number of nitrogens with zero attached hydrogens (tertiary/aromatic N) is 1. The highest BCUT2D eigenvalue weighted by atomic mass is 16.5. The van der Waals surface area contributed by atoms with E-state index in [9.17, 15) is 14.7 Å². The van der Waals surface area contributed by atoms with Crippen LogP contribution in [0.5, 0.6) is 0 Å².